The minimum absolute atomic E-state index is 0.203. The number of hydrogen-bond donors (Lipinski definition) is 1. The van der Waals surface area contributed by atoms with Gasteiger partial charge in [-0.05, 0) is 72.3 Å². The van der Waals surface area contributed by atoms with Gasteiger partial charge in [0.05, 0.1) is 37.5 Å². The van der Waals surface area contributed by atoms with Crippen molar-refractivity contribution in [3.8, 4) is 17.2 Å². The van der Waals surface area contributed by atoms with Gasteiger partial charge < -0.3 is 19.5 Å². The number of piperidine rings is 1. The fraction of sp³-hybridized carbons (Fsp3) is 0.515. The standard InChI is InChI=1S/C33H40N4O4/c1-4-5-23-14-24(6-7-25(23)15-28(17-34)35-31(38)33(39-3)21-36(2)22-33)26-8-9-27-18-41-32(30(27)16-26)10-12-37(13-11-32)29-19-40-20-29/h4-9,14,16,28-29H,10-13,15,18-22H2,1-3H3,(H,35,38)/b5-4+/t28-/m0/s1. The number of nitrogens with zero attached hydrogens (tertiary/aromatic N) is 3. The van der Waals surface area contributed by atoms with Crippen LogP contribution >= 0.6 is 0 Å². The van der Waals surface area contributed by atoms with E-state index in [1.54, 1.807) is 7.11 Å². The number of fused-ring (bicyclic) bond motifs is 2. The minimum Gasteiger partial charge on any atom is -0.378 e. The molecule has 216 valence electrons. The Bertz CT molecular complexity index is 1360. The third kappa shape index (κ3) is 5.22. The lowest BCUT2D eigenvalue weighted by atomic mass is 9.82. The molecule has 0 radical (unpaired) electrons. The SMILES string of the molecule is C/C=C/c1cc(-c2ccc3c(c2)C2(CCN(C4COC4)CC2)OC3)ccc1C[C@@H](C#N)NC(=O)C1(OC)CN(C)C1. The first-order valence-corrected chi connectivity index (χ1v) is 14.7. The average molecular weight is 557 g/mol. The number of likely N-dealkylation sites (tertiary alicyclic amines) is 2. The highest BCUT2D eigenvalue weighted by Crippen LogP contribution is 2.46. The second kappa shape index (κ2) is 11.3. The fourth-order valence-electron chi connectivity index (χ4n) is 6.82. The Kier molecular flexibility index (Phi) is 7.75. The number of nitrogens with one attached hydrogen (secondary N) is 1. The highest BCUT2D eigenvalue weighted by atomic mass is 16.5. The van der Waals surface area contributed by atoms with Crippen molar-refractivity contribution in [2.24, 2.45) is 0 Å². The van der Waals surface area contributed by atoms with Crippen LogP contribution in [0.4, 0.5) is 0 Å². The zero-order valence-corrected chi connectivity index (χ0v) is 24.3. The van der Waals surface area contributed by atoms with Crippen LogP contribution in [-0.4, -0.2) is 86.9 Å². The van der Waals surface area contributed by atoms with Crippen molar-refractivity contribution in [1.82, 2.24) is 15.1 Å². The van der Waals surface area contributed by atoms with Crippen molar-refractivity contribution in [2.45, 2.75) is 56.1 Å². The lowest BCUT2D eigenvalue weighted by Crippen LogP contribution is -2.69. The summed E-state index contributed by atoms with van der Waals surface area (Å²) in [6.07, 6.45) is 6.51. The van der Waals surface area contributed by atoms with Crippen molar-refractivity contribution in [3.05, 3.63) is 64.7 Å². The molecule has 2 aromatic rings. The third-order valence-corrected chi connectivity index (χ3v) is 9.41. The molecule has 0 unspecified atom stereocenters. The number of hydrogen-bond acceptors (Lipinski definition) is 7. The van der Waals surface area contributed by atoms with Gasteiger partial charge in [-0.25, -0.2) is 0 Å². The molecule has 8 heteroatoms. The molecule has 4 heterocycles. The van der Waals surface area contributed by atoms with Crippen molar-refractivity contribution in [2.75, 3.05) is 53.6 Å². The van der Waals surface area contributed by atoms with Gasteiger partial charge in [-0.3, -0.25) is 14.6 Å². The van der Waals surface area contributed by atoms with Crippen molar-refractivity contribution < 1.29 is 19.0 Å². The largest absolute Gasteiger partial charge is 0.378 e. The van der Waals surface area contributed by atoms with Gasteiger partial charge >= 0.3 is 0 Å². The summed E-state index contributed by atoms with van der Waals surface area (Å²) in [5.41, 5.74) is 5.90. The number of methoxy groups -OCH3 is 1. The molecule has 0 aromatic heterocycles. The van der Waals surface area contributed by atoms with Crippen LogP contribution in [0.2, 0.25) is 0 Å². The van der Waals surface area contributed by atoms with E-state index < -0.39 is 11.6 Å². The predicted octanol–water partition coefficient (Wildman–Crippen LogP) is 3.49. The number of carbonyl (C=O) groups excluding carboxylic acids is 1. The highest BCUT2D eigenvalue weighted by Gasteiger charge is 2.49. The second-order valence-electron chi connectivity index (χ2n) is 12.0. The molecule has 2 aromatic carbocycles. The Morgan fingerprint density at radius 3 is 2.56 bits per heavy atom. The van der Waals surface area contributed by atoms with Crippen LogP contribution in [0.5, 0.6) is 0 Å². The molecule has 1 amide bonds. The first kappa shape index (κ1) is 28.1. The summed E-state index contributed by atoms with van der Waals surface area (Å²) in [5.74, 6) is -0.227. The van der Waals surface area contributed by atoms with Crippen LogP contribution in [0.25, 0.3) is 17.2 Å². The molecule has 4 aliphatic rings. The van der Waals surface area contributed by atoms with Crippen molar-refractivity contribution in [3.63, 3.8) is 0 Å². The van der Waals surface area contributed by atoms with Gasteiger partial charge in [0, 0.05) is 39.7 Å². The van der Waals surface area contributed by atoms with E-state index in [0.717, 1.165) is 55.8 Å². The molecule has 1 spiro atoms. The zero-order valence-electron chi connectivity index (χ0n) is 24.3. The van der Waals surface area contributed by atoms with Gasteiger partial charge in [0.1, 0.15) is 6.04 Å². The number of ether oxygens (including phenoxy) is 3. The number of amides is 1. The minimum atomic E-state index is -0.878. The van der Waals surface area contributed by atoms with Gasteiger partial charge in [-0.15, -0.1) is 0 Å². The molecular formula is C33H40N4O4. The van der Waals surface area contributed by atoms with Crippen molar-refractivity contribution >= 4 is 12.0 Å². The quantitative estimate of drug-likeness (QED) is 0.533. The smallest absolute Gasteiger partial charge is 0.255 e. The van der Waals surface area contributed by atoms with Crippen LogP contribution in [0.3, 0.4) is 0 Å². The lowest BCUT2D eigenvalue weighted by Gasteiger charge is -2.45. The van der Waals surface area contributed by atoms with Crippen LogP contribution in [-0.2, 0) is 37.6 Å². The van der Waals surface area contributed by atoms with Gasteiger partial charge in [-0.2, -0.15) is 5.26 Å². The van der Waals surface area contributed by atoms with Crippen LogP contribution in [0, 0.1) is 11.3 Å². The van der Waals surface area contributed by atoms with E-state index in [2.05, 4.69) is 58.8 Å². The van der Waals surface area contributed by atoms with E-state index in [1.807, 2.05) is 24.9 Å². The molecule has 3 fully saturated rings. The predicted molar refractivity (Wildman–Crippen MR) is 157 cm³/mol. The molecule has 3 saturated heterocycles. The number of nitriles is 1. The Balaban J connectivity index is 1.20. The van der Waals surface area contributed by atoms with E-state index in [-0.39, 0.29) is 11.5 Å². The Morgan fingerprint density at radius 2 is 1.93 bits per heavy atom. The molecule has 6 rings (SSSR count). The number of rotatable bonds is 8. The molecular weight excluding hydrogens is 516 g/mol. The maximum atomic E-state index is 13.0. The zero-order chi connectivity index (χ0) is 28.6. The average Bonchev–Trinajstić information content (AvgIpc) is 3.29. The number of likely N-dealkylation sites (N-methyl/N-ethyl adjacent to an activating group) is 1. The van der Waals surface area contributed by atoms with E-state index in [0.29, 0.717) is 32.2 Å². The van der Waals surface area contributed by atoms with Crippen LogP contribution in [0.1, 0.15) is 42.0 Å². The Morgan fingerprint density at radius 1 is 1.20 bits per heavy atom. The summed E-state index contributed by atoms with van der Waals surface area (Å²) < 4.78 is 17.4. The van der Waals surface area contributed by atoms with E-state index in [1.165, 1.54) is 16.7 Å². The Labute approximate surface area is 242 Å². The van der Waals surface area contributed by atoms with Crippen LogP contribution < -0.4 is 5.32 Å². The molecule has 0 bridgehead atoms. The van der Waals surface area contributed by atoms with Gasteiger partial charge in [0.15, 0.2) is 5.60 Å². The Hall–Kier alpha value is -3.06. The van der Waals surface area contributed by atoms with Gasteiger partial charge in [0.25, 0.3) is 5.91 Å². The monoisotopic (exact) mass is 556 g/mol. The normalized spacial score (nSPS) is 22.6. The summed E-state index contributed by atoms with van der Waals surface area (Å²) in [7, 11) is 3.50. The van der Waals surface area contributed by atoms with Crippen LogP contribution in [0.15, 0.2) is 42.5 Å². The maximum Gasteiger partial charge on any atom is 0.255 e. The first-order valence-electron chi connectivity index (χ1n) is 14.7. The van der Waals surface area contributed by atoms with Gasteiger partial charge in [0.2, 0.25) is 0 Å². The maximum absolute atomic E-state index is 13.0. The molecule has 1 N–H and O–H groups in total. The number of carbonyl (C=O) groups is 1. The van der Waals surface area contributed by atoms with Gasteiger partial charge in [-0.1, -0.05) is 36.4 Å². The van der Waals surface area contributed by atoms with E-state index in [4.69, 9.17) is 14.2 Å². The number of benzene rings is 2. The third-order valence-electron chi connectivity index (χ3n) is 9.41. The summed E-state index contributed by atoms with van der Waals surface area (Å²) in [4.78, 5) is 17.6. The van der Waals surface area contributed by atoms with E-state index in [9.17, 15) is 10.1 Å². The number of allylic oxidation sites excluding steroid dienone is 1. The highest BCUT2D eigenvalue weighted by molar-refractivity contribution is 5.87. The summed E-state index contributed by atoms with van der Waals surface area (Å²) in [5, 5.41) is 12.8. The summed E-state index contributed by atoms with van der Waals surface area (Å²) in [6, 6.07) is 15.3. The van der Waals surface area contributed by atoms with E-state index >= 15 is 0 Å². The molecule has 0 saturated carbocycles. The molecule has 41 heavy (non-hydrogen) atoms. The molecule has 8 nitrogen and oxygen atoms in total. The molecule has 1 atom stereocenters. The van der Waals surface area contributed by atoms with Crippen molar-refractivity contribution in [1.29, 1.82) is 5.26 Å². The topological polar surface area (TPSA) is 87.1 Å². The lowest BCUT2D eigenvalue weighted by molar-refractivity contribution is -0.164. The molecule has 0 aliphatic carbocycles. The molecule has 4 aliphatic heterocycles. The summed E-state index contributed by atoms with van der Waals surface area (Å²) in [6.45, 7) is 7.49. The first-order chi connectivity index (χ1) is 19.9. The fourth-order valence-corrected chi connectivity index (χ4v) is 6.82. The summed E-state index contributed by atoms with van der Waals surface area (Å²) >= 11 is 0. The second-order valence-corrected chi connectivity index (χ2v) is 12.0.